The molecule has 1 saturated heterocycles. The number of piperidine rings is 1. The maximum Gasteiger partial charge on any atom is 0.410 e. The lowest BCUT2D eigenvalue weighted by atomic mass is 9.96. The van der Waals surface area contributed by atoms with E-state index in [0.29, 0.717) is 25.2 Å². The molecule has 2 atom stereocenters. The van der Waals surface area contributed by atoms with Crippen LogP contribution in [0.4, 0.5) is 4.79 Å². The molecular formula is C11H21NO3. The van der Waals surface area contributed by atoms with Crippen molar-refractivity contribution < 1.29 is 14.3 Å². The number of carbonyl (C=O) groups excluding carboxylic acids is 1. The molecule has 1 aliphatic heterocycles. The zero-order valence-electron chi connectivity index (χ0n) is 9.86. The standard InChI is InChI=1S/C11H21NO3/c1-9-4-5-10(2)12(8-9)11(13)15-7-6-14-3/h9-10H,4-8H2,1-3H3. The highest BCUT2D eigenvalue weighted by Crippen LogP contribution is 2.21. The van der Waals surface area contributed by atoms with E-state index in [1.165, 1.54) is 6.42 Å². The Kier molecular flexibility index (Phi) is 4.88. The highest BCUT2D eigenvalue weighted by atomic mass is 16.6. The van der Waals surface area contributed by atoms with E-state index in [2.05, 4.69) is 13.8 Å². The maximum atomic E-state index is 11.7. The summed E-state index contributed by atoms with van der Waals surface area (Å²) in [6.07, 6.45) is 2.06. The molecule has 0 spiro atoms. The van der Waals surface area contributed by atoms with Crippen LogP contribution >= 0.6 is 0 Å². The third-order valence-corrected chi connectivity index (χ3v) is 2.87. The lowest BCUT2D eigenvalue weighted by Gasteiger charge is -2.35. The van der Waals surface area contributed by atoms with E-state index in [4.69, 9.17) is 9.47 Å². The Bertz CT molecular complexity index is 208. The van der Waals surface area contributed by atoms with Gasteiger partial charge in [0.25, 0.3) is 0 Å². The van der Waals surface area contributed by atoms with E-state index in [0.717, 1.165) is 13.0 Å². The molecule has 0 N–H and O–H groups in total. The van der Waals surface area contributed by atoms with Crippen LogP contribution in [0.2, 0.25) is 0 Å². The summed E-state index contributed by atoms with van der Waals surface area (Å²) in [6, 6.07) is 0.302. The number of amides is 1. The normalized spacial score (nSPS) is 26.5. The molecular weight excluding hydrogens is 194 g/mol. The topological polar surface area (TPSA) is 38.8 Å². The average Bonchev–Trinajstić information content (AvgIpc) is 2.22. The molecule has 1 heterocycles. The first-order valence-corrected chi connectivity index (χ1v) is 5.57. The molecule has 1 rings (SSSR count). The molecule has 0 saturated carbocycles. The van der Waals surface area contributed by atoms with Crippen molar-refractivity contribution in [1.82, 2.24) is 4.90 Å². The van der Waals surface area contributed by atoms with Crippen molar-refractivity contribution in [2.45, 2.75) is 32.7 Å². The molecule has 0 aliphatic carbocycles. The van der Waals surface area contributed by atoms with Gasteiger partial charge in [-0.15, -0.1) is 0 Å². The van der Waals surface area contributed by atoms with Gasteiger partial charge in [0, 0.05) is 19.7 Å². The van der Waals surface area contributed by atoms with E-state index >= 15 is 0 Å². The second kappa shape index (κ2) is 5.95. The first-order valence-electron chi connectivity index (χ1n) is 5.57. The fourth-order valence-corrected chi connectivity index (χ4v) is 1.84. The highest BCUT2D eigenvalue weighted by molar-refractivity contribution is 5.68. The monoisotopic (exact) mass is 215 g/mol. The van der Waals surface area contributed by atoms with Crippen LogP contribution in [0.25, 0.3) is 0 Å². The third-order valence-electron chi connectivity index (χ3n) is 2.87. The number of likely N-dealkylation sites (tertiary alicyclic amines) is 1. The molecule has 1 fully saturated rings. The zero-order chi connectivity index (χ0) is 11.3. The maximum absolute atomic E-state index is 11.7. The van der Waals surface area contributed by atoms with Crippen molar-refractivity contribution in [3.05, 3.63) is 0 Å². The van der Waals surface area contributed by atoms with Gasteiger partial charge in [-0.25, -0.2) is 4.79 Å². The number of hydrogen-bond acceptors (Lipinski definition) is 3. The quantitative estimate of drug-likeness (QED) is 0.675. The first kappa shape index (κ1) is 12.3. The van der Waals surface area contributed by atoms with Crippen LogP contribution in [0, 0.1) is 5.92 Å². The minimum absolute atomic E-state index is 0.203. The number of hydrogen-bond donors (Lipinski definition) is 0. The molecule has 1 aliphatic rings. The summed E-state index contributed by atoms with van der Waals surface area (Å²) in [5.74, 6) is 0.580. The van der Waals surface area contributed by atoms with Crippen molar-refractivity contribution in [1.29, 1.82) is 0 Å². The van der Waals surface area contributed by atoms with E-state index < -0.39 is 0 Å². The summed E-state index contributed by atoms with van der Waals surface area (Å²) in [7, 11) is 1.60. The number of carbonyl (C=O) groups is 1. The lowest BCUT2D eigenvalue weighted by Crippen LogP contribution is -2.45. The Morgan fingerprint density at radius 3 is 2.73 bits per heavy atom. The number of ether oxygens (including phenoxy) is 2. The minimum Gasteiger partial charge on any atom is -0.447 e. The summed E-state index contributed by atoms with van der Waals surface area (Å²) in [5, 5.41) is 0. The van der Waals surface area contributed by atoms with Crippen molar-refractivity contribution in [2.24, 2.45) is 5.92 Å². The van der Waals surface area contributed by atoms with Gasteiger partial charge < -0.3 is 14.4 Å². The van der Waals surface area contributed by atoms with Crippen molar-refractivity contribution >= 4 is 6.09 Å². The van der Waals surface area contributed by atoms with Crippen molar-refractivity contribution in [2.75, 3.05) is 26.9 Å². The van der Waals surface area contributed by atoms with Crippen LogP contribution in [0.1, 0.15) is 26.7 Å². The van der Waals surface area contributed by atoms with Gasteiger partial charge in [0.05, 0.1) is 6.61 Å². The molecule has 2 unspecified atom stereocenters. The van der Waals surface area contributed by atoms with Gasteiger partial charge in [-0.3, -0.25) is 0 Å². The minimum atomic E-state index is -0.203. The summed E-state index contributed by atoms with van der Waals surface area (Å²) in [5.41, 5.74) is 0. The van der Waals surface area contributed by atoms with Crippen molar-refractivity contribution in [3.63, 3.8) is 0 Å². The van der Waals surface area contributed by atoms with Gasteiger partial charge in [-0.05, 0) is 25.7 Å². The number of methoxy groups -OCH3 is 1. The molecule has 0 aromatic carbocycles. The predicted octanol–water partition coefficient (Wildman–Crippen LogP) is 1.89. The SMILES string of the molecule is COCCOC(=O)N1CC(C)CCC1C. The Hall–Kier alpha value is -0.770. The summed E-state index contributed by atoms with van der Waals surface area (Å²) in [4.78, 5) is 13.5. The van der Waals surface area contributed by atoms with Crippen molar-refractivity contribution in [3.8, 4) is 0 Å². The molecule has 15 heavy (non-hydrogen) atoms. The molecule has 0 aromatic rings. The van der Waals surface area contributed by atoms with E-state index in [1.807, 2.05) is 4.90 Å². The Morgan fingerprint density at radius 1 is 1.33 bits per heavy atom. The Balaban J connectivity index is 2.35. The zero-order valence-corrected chi connectivity index (χ0v) is 9.86. The van der Waals surface area contributed by atoms with Gasteiger partial charge in [0.1, 0.15) is 6.61 Å². The van der Waals surface area contributed by atoms with Crippen LogP contribution in [-0.2, 0) is 9.47 Å². The van der Waals surface area contributed by atoms with E-state index in [1.54, 1.807) is 7.11 Å². The van der Waals surface area contributed by atoms with Gasteiger partial charge >= 0.3 is 6.09 Å². The van der Waals surface area contributed by atoms with Gasteiger partial charge in [-0.2, -0.15) is 0 Å². The van der Waals surface area contributed by atoms with Crippen LogP contribution < -0.4 is 0 Å². The largest absolute Gasteiger partial charge is 0.447 e. The average molecular weight is 215 g/mol. The summed E-state index contributed by atoms with van der Waals surface area (Å²) < 4.78 is 9.93. The van der Waals surface area contributed by atoms with Crippen LogP contribution in [0.5, 0.6) is 0 Å². The molecule has 4 nitrogen and oxygen atoms in total. The first-order chi connectivity index (χ1) is 7.15. The fraction of sp³-hybridized carbons (Fsp3) is 0.909. The molecule has 4 heteroatoms. The summed E-state index contributed by atoms with van der Waals surface area (Å²) >= 11 is 0. The Labute approximate surface area is 91.5 Å². The van der Waals surface area contributed by atoms with Crippen LogP contribution in [0.3, 0.4) is 0 Å². The number of nitrogens with zero attached hydrogens (tertiary/aromatic N) is 1. The molecule has 0 bridgehead atoms. The van der Waals surface area contributed by atoms with E-state index in [9.17, 15) is 4.79 Å². The van der Waals surface area contributed by atoms with Crippen LogP contribution in [-0.4, -0.2) is 43.9 Å². The van der Waals surface area contributed by atoms with Crippen LogP contribution in [0.15, 0.2) is 0 Å². The Morgan fingerprint density at radius 2 is 2.07 bits per heavy atom. The molecule has 88 valence electrons. The van der Waals surface area contributed by atoms with E-state index in [-0.39, 0.29) is 6.09 Å². The molecule has 0 radical (unpaired) electrons. The molecule has 0 aromatic heterocycles. The van der Waals surface area contributed by atoms with Gasteiger partial charge in [0.2, 0.25) is 0 Å². The van der Waals surface area contributed by atoms with Gasteiger partial charge in [-0.1, -0.05) is 6.92 Å². The second-order valence-corrected chi connectivity index (χ2v) is 4.29. The second-order valence-electron chi connectivity index (χ2n) is 4.29. The summed E-state index contributed by atoms with van der Waals surface area (Å²) in [6.45, 7) is 5.86. The molecule has 1 amide bonds. The lowest BCUT2D eigenvalue weighted by molar-refractivity contribution is 0.0476. The predicted molar refractivity (Wildman–Crippen MR) is 57.8 cm³/mol. The van der Waals surface area contributed by atoms with Gasteiger partial charge in [0.15, 0.2) is 0 Å². The smallest absolute Gasteiger partial charge is 0.410 e. The fourth-order valence-electron chi connectivity index (χ4n) is 1.84. The highest BCUT2D eigenvalue weighted by Gasteiger charge is 2.27. The third kappa shape index (κ3) is 3.70. The number of rotatable bonds is 3.